The molecule has 0 spiro atoms. The first-order valence-electron chi connectivity index (χ1n) is 4.75. The normalized spacial score (nSPS) is 15.4. The van der Waals surface area contributed by atoms with E-state index in [4.69, 9.17) is 5.73 Å². The summed E-state index contributed by atoms with van der Waals surface area (Å²) in [6.45, 7) is -0.151. The van der Waals surface area contributed by atoms with E-state index >= 15 is 0 Å². The van der Waals surface area contributed by atoms with Crippen molar-refractivity contribution in [3.05, 3.63) is 29.8 Å². The molecule has 0 aromatic heterocycles. The van der Waals surface area contributed by atoms with E-state index < -0.39 is 24.3 Å². The summed E-state index contributed by atoms with van der Waals surface area (Å²) in [5, 5.41) is 18.8. The van der Waals surface area contributed by atoms with E-state index in [-0.39, 0.29) is 12.1 Å². The van der Waals surface area contributed by atoms with Crippen molar-refractivity contribution < 1.29 is 28.1 Å². The number of nitrogens with two attached hydrogens (primary N) is 1. The van der Waals surface area contributed by atoms with Crippen LogP contribution in [0.1, 0.15) is 11.7 Å². The van der Waals surface area contributed by atoms with Gasteiger partial charge >= 0.3 is 6.36 Å². The fourth-order valence-corrected chi connectivity index (χ4v) is 1.22. The maximum atomic E-state index is 11.9. The molecule has 0 aliphatic rings. The zero-order valence-electron chi connectivity index (χ0n) is 8.69. The zero-order chi connectivity index (χ0) is 13.1. The van der Waals surface area contributed by atoms with Crippen LogP contribution in [0.15, 0.2) is 24.3 Å². The molecule has 0 saturated carbocycles. The van der Waals surface area contributed by atoms with Crippen LogP contribution >= 0.6 is 0 Å². The lowest BCUT2D eigenvalue weighted by Crippen LogP contribution is -2.27. The number of alkyl halides is 3. The Morgan fingerprint density at radius 2 is 1.71 bits per heavy atom. The van der Waals surface area contributed by atoms with Gasteiger partial charge in [0.05, 0.1) is 6.10 Å². The van der Waals surface area contributed by atoms with E-state index in [1.807, 2.05) is 0 Å². The lowest BCUT2D eigenvalue weighted by molar-refractivity contribution is -0.274. The Labute approximate surface area is 95.4 Å². The van der Waals surface area contributed by atoms with E-state index in [1.165, 1.54) is 12.1 Å². The molecule has 1 aromatic rings. The van der Waals surface area contributed by atoms with Gasteiger partial charge in [-0.15, -0.1) is 13.2 Å². The second kappa shape index (κ2) is 5.35. The van der Waals surface area contributed by atoms with Gasteiger partial charge in [-0.05, 0) is 17.7 Å². The van der Waals surface area contributed by atoms with Crippen molar-refractivity contribution in [1.29, 1.82) is 0 Å². The number of hydrogen-bond acceptors (Lipinski definition) is 4. The number of aliphatic hydroxyl groups excluding tert-OH is 2. The largest absolute Gasteiger partial charge is 0.573 e. The predicted octanol–water partition coefficient (Wildman–Crippen LogP) is 0.938. The average molecular weight is 251 g/mol. The molecule has 0 aliphatic carbocycles. The minimum absolute atomic E-state index is 0.151. The molecule has 4 nitrogen and oxygen atoms in total. The topological polar surface area (TPSA) is 75.7 Å². The summed E-state index contributed by atoms with van der Waals surface area (Å²) in [6.07, 6.45) is -7.15. The number of halogens is 3. The first-order chi connectivity index (χ1) is 7.83. The minimum atomic E-state index is -4.75. The number of rotatable bonds is 4. The Hall–Kier alpha value is -1.31. The average Bonchev–Trinajstić information content (AvgIpc) is 2.26. The van der Waals surface area contributed by atoms with E-state index in [0.29, 0.717) is 0 Å². The zero-order valence-corrected chi connectivity index (χ0v) is 8.69. The van der Waals surface area contributed by atoms with Gasteiger partial charge in [0, 0.05) is 6.54 Å². The molecule has 0 bridgehead atoms. The van der Waals surface area contributed by atoms with Crippen LogP contribution < -0.4 is 10.5 Å². The van der Waals surface area contributed by atoms with Crippen molar-refractivity contribution >= 4 is 0 Å². The van der Waals surface area contributed by atoms with Gasteiger partial charge in [-0.25, -0.2) is 0 Å². The highest BCUT2D eigenvalue weighted by Gasteiger charge is 2.31. The molecule has 0 fully saturated rings. The molecule has 7 heteroatoms. The molecule has 4 N–H and O–H groups in total. The Balaban J connectivity index is 2.74. The van der Waals surface area contributed by atoms with Crippen LogP contribution in [-0.2, 0) is 0 Å². The summed E-state index contributed by atoms with van der Waals surface area (Å²) in [5.74, 6) is -0.393. The summed E-state index contributed by atoms with van der Waals surface area (Å²) >= 11 is 0. The smallest absolute Gasteiger partial charge is 0.406 e. The minimum Gasteiger partial charge on any atom is -0.406 e. The van der Waals surface area contributed by atoms with E-state index in [0.717, 1.165) is 12.1 Å². The summed E-state index contributed by atoms with van der Waals surface area (Å²) in [6, 6.07) is 4.56. The van der Waals surface area contributed by atoms with Crippen LogP contribution in [0, 0.1) is 0 Å². The molecule has 17 heavy (non-hydrogen) atoms. The van der Waals surface area contributed by atoms with Crippen LogP contribution in [0.3, 0.4) is 0 Å². The molecule has 0 saturated heterocycles. The maximum absolute atomic E-state index is 11.9. The predicted molar refractivity (Wildman–Crippen MR) is 53.1 cm³/mol. The van der Waals surface area contributed by atoms with Gasteiger partial charge in [0.25, 0.3) is 0 Å². The van der Waals surface area contributed by atoms with E-state index in [9.17, 15) is 23.4 Å². The van der Waals surface area contributed by atoms with Crippen molar-refractivity contribution in [3.63, 3.8) is 0 Å². The van der Waals surface area contributed by atoms with Gasteiger partial charge in [-0.1, -0.05) is 12.1 Å². The van der Waals surface area contributed by atoms with Gasteiger partial charge in [0.1, 0.15) is 11.9 Å². The van der Waals surface area contributed by atoms with Gasteiger partial charge in [0.15, 0.2) is 0 Å². The molecule has 2 unspecified atom stereocenters. The molecule has 1 aromatic carbocycles. The first kappa shape index (κ1) is 13.8. The third kappa shape index (κ3) is 4.22. The fraction of sp³-hybridized carbons (Fsp3) is 0.400. The summed E-state index contributed by atoms with van der Waals surface area (Å²) < 4.78 is 39.2. The van der Waals surface area contributed by atoms with Gasteiger partial charge < -0.3 is 20.7 Å². The van der Waals surface area contributed by atoms with Crippen LogP contribution in [0.5, 0.6) is 5.75 Å². The molecule has 1 rings (SSSR count). The molecule has 0 amide bonds. The second-order valence-electron chi connectivity index (χ2n) is 3.36. The van der Waals surface area contributed by atoms with Crippen LogP contribution in [0.25, 0.3) is 0 Å². The van der Waals surface area contributed by atoms with Crippen molar-refractivity contribution in [3.8, 4) is 5.75 Å². The Morgan fingerprint density at radius 1 is 1.18 bits per heavy atom. The van der Waals surface area contributed by atoms with Crippen LogP contribution in [-0.4, -0.2) is 29.2 Å². The number of hydrogen-bond donors (Lipinski definition) is 3. The van der Waals surface area contributed by atoms with E-state index in [1.54, 1.807) is 0 Å². The lowest BCUT2D eigenvalue weighted by Gasteiger charge is -2.16. The highest BCUT2D eigenvalue weighted by Crippen LogP contribution is 2.25. The molecule has 0 radical (unpaired) electrons. The molecule has 0 heterocycles. The molecule has 2 atom stereocenters. The number of aliphatic hydroxyl groups is 2. The second-order valence-corrected chi connectivity index (χ2v) is 3.36. The third-order valence-corrected chi connectivity index (χ3v) is 2.06. The molecular weight excluding hydrogens is 239 g/mol. The van der Waals surface area contributed by atoms with Crippen LogP contribution in [0.2, 0.25) is 0 Å². The number of benzene rings is 1. The lowest BCUT2D eigenvalue weighted by atomic mass is 10.0. The first-order valence-corrected chi connectivity index (χ1v) is 4.75. The highest BCUT2D eigenvalue weighted by atomic mass is 19.4. The summed E-state index contributed by atoms with van der Waals surface area (Å²) in [4.78, 5) is 0. The van der Waals surface area contributed by atoms with Gasteiger partial charge in [-0.3, -0.25) is 0 Å². The standard InChI is InChI=1S/C10H12F3NO3/c11-10(12,13)17-7-3-1-6(2-4-7)9(16)8(15)5-14/h1-4,8-9,15-16H,5,14H2. The summed E-state index contributed by atoms with van der Waals surface area (Å²) in [5.41, 5.74) is 5.40. The van der Waals surface area contributed by atoms with Crippen molar-refractivity contribution in [2.24, 2.45) is 5.73 Å². The highest BCUT2D eigenvalue weighted by molar-refractivity contribution is 5.29. The Kier molecular flexibility index (Phi) is 4.33. The van der Waals surface area contributed by atoms with Crippen molar-refractivity contribution in [2.75, 3.05) is 6.54 Å². The van der Waals surface area contributed by atoms with Crippen LogP contribution in [0.4, 0.5) is 13.2 Å². The Morgan fingerprint density at radius 3 is 2.12 bits per heavy atom. The summed E-state index contributed by atoms with van der Waals surface area (Å²) in [7, 11) is 0. The SMILES string of the molecule is NCC(O)C(O)c1ccc(OC(F)(F)F)cc1. The third-order valence-electron chi connectivity index (χ3n) is 2.06. The quantitative estimate of drug-likeness (QED) is 0.744. The van der Waals surface area contributed by atoms with Gasteiger partial charge in [0.2, 0.25) is 0 Å². The van der Waals surface area contributed by atoms with Crippen molar-refractivity contribution in [2.45, 2.75) is 18.6 Å². The van der Waals surface area contributed by atoms with Gasteiger partial charge in [-0.2, -0.15) is 0 Å². The fourth-order valence-electron chi connectivity index (χ4n) is 1.22. The molecular formula is C10H12F3NO3. The van der Waals surface area contributed by atoms with E-state index in [2.05, 4.69) is 4.74 Å². The monoisotopic (exact) mass is 251 g/mol. The number of ether oxygens (including phenoxy) is 1. The van der Waals surface area contributed by atoms with Crippen molar-refractivity contribution in [1.82, 2.24) is 0 Å². The Bertz CT molecular complexity index is 353. The molecule has 96 valence electrons. The maximum Gasteiger partial charge on any atom is 0.573 e. The molecule has 0 aliphatic heterocycles.